The molecule has 0 nitrogen and oxygen atoms in total. The standard InChI is InChI=1S/C26H26Si2/c1-27(2,3)17-15-19-7-9-21-12-14-24-20(16-18-28(4,5)6)8-10-22-11-13-23(19)25(21)26(22)24/h7-14H,1-6H3. The number of rotatable bonds is 0. The summed E-state index contributed by atoms with van der Waals surface area (Å²) >= 11 is 0. The zero-order valence-electron chi connectivity index (χ0n) is 17.6. The van der Waals surface area contributed by atoms with Gasteiger partial charge in [0.25, 0.3) is 0 Å². The highest BCUT2D eigenvalue weighted by Crippen LogP contribution is 2.37. The van der Waals surface area contributed by atoms with E-state index in [4.69, 9.17) is 0 Å². The van der Waals surface area contributed by atoms with E-state index >= 15 is 0 Å². The fraction of sp³-hybridized carbons (Fsp3) is 0.231. The Balaban J connectivity index is 2.06. The van der Waals surface area contributed by atoms with Crippen LogP contribution in [-0.4, -0.2) is 16.1 Å². The van der Waals surface area contributed by atoms with Crippen molar-refractivity contribution in [3.05, 3.63) is 59.7 Å². The lowest BCUT2D eigenvalue weighted by atomic mass is 9.90. The Labute approximate surface area is 170 Å². The quantitative estimate of drug-likeness (QED) is 0.170. The van der Waals surface area contributed by atoms with Crippen LogP contribution in [0.15, 0.2) is 48.5 Å². The third-order valence-electron chi connectivity index (χ3n) is 4.81. The monoisotopic (exact) mass is 394 g/mol. The van der Waals surface area contributed by atoms with Gasteiger partial charge in [-0.1, -0.05) is 87.5 Å². The van der Waals surface area contributed by atoms with Gasteiger partial charge in [-0.05, 0) is 44.5 Å². The van der Waals surface area contributed by atoms with Crippen LogP contribution in [0.1, 0.15) is 11.1 Å². The summed E-state index contributed by atoms with van der Waals surface area (Å²) in [7, 11) is -2.84. The molecule has 0 atom stereocenters. The van der Waals surface area contributed by atoms with E-state index in [1.54, 1.807) is 0 Å². The van der Waals surface area contributed by atoms with Crippen LogP contribution in [0.3, 0.4) is 0 Å². The SMILES string of the molecule is C[Si](C)(C)C#Cc1ccc2ccc3c(C#C[Si](C)(C)C)ccc4ccc1c2c43. The van der Waals surface area contributed by atoms with Gasteiger partial charge in [-0.2, -0.15) is 0 Å². The van der Waals surface area contributed by atoms with Gasteiger partial charge >= 0.3 is 0 Å². The van der Waals surface area contributed by atoms with Crippen LogP contribution in [0, 0.1) is 22.9 Å². The van der Waals surface area contributed by atoms with Crippen molar-refractivity contribution in [1.29, 1.82) is 0 Å². The van der Waals surface area contributed by atoms with Crippen LogP contribution in [0.2, 0.25) is 39.3 Å². The van der Waals surface area contributed by atoms with Crippen molar-refractivity contribution in [3.8, 4) is 22.9 Å². The summed E-state index contributed by atoms with van der Waals surface area (Å²) in [5.41, 5.74) is 9.35. The Morgan fingerprint density at radius 3 is 1.21 bits per heavy atom. The normalized spacial score (nSPS) is 12.1. The molecule has 4 aromatic carbocycles. The predicted molar refractivity (Wildman–Crippen MR) is 131 cm³/mol. The fourth-order valence-corrected chi connectivity index (χ4v) is 4.55. The van der Waals surface area contributed by atoms with Crippen molar-refractivity contribution >= 4 is 48.5 Å². The van der Waals surface area contributed by atoms with E-state index in [9.17, 15) is 0 Å². The average molecular weight is 395 g/mol. The molecule has 0 radical (unpaired) electrons. The summed E-state index contributed by atoms with van der Waals surface area (Å²) in [6.45, 7) is 13.7. The number of hydrogen-bond donors (Lipinski definition) is 0. The molecule has 0 aromatic heterocycles. The van der Waals surface area contributed by atoms with E-state index in [0.29, 0.717) is 0 Å². The van der Waals surface area contributed by atoms with Crippen LogP contribution in [0.5, 0.6) is 0 Å². The van der Waals surface area contributed by atoms with Gasteiger partial charge in [-0.15, -0.1) is 11.1 Å². The van der Waals surface area contributed by atoms with Gasteiger partial charge in [0.15, 0.2) is 0 Å². The third-order valence-corrected chi connectivity index (χ3v) is 6.56. The smallest absolute Gasteiger partial charge is 0.127 e. The lowest BCUT2D eigenvalue weighted by Gasteiger charge is -2.13. The van der Waals surface area contributed by atoms with Gasteiger partial charge in [0, 0.05) is 11.1 Å². The lowest BCUT2D eigenvalue weighted by Crippen LogP contribution is -2.16. The predicted octanol–water partition coefficient (Wildman–Crippen LogP) is 7.04. The first-order valence-corrected chi connectivity index (χ1v) is 16.9. The van der Waals surface area contributed by atoms with Crippen molar-refractivity contribution in [3.63, 3.8) is 0 Å². The maximum atomic E-state index is 3.53. The summed E-state index contributed by atoms with van der Waals surface area (Å²) in [5.74, 6) is 6.98. The molecule has 0 spiro atoms. The third kappa shape index (κ3) is 3.59. The van der Waals surface area contributed by atoms with Crippen molar-refractivity contribution in [2.75, 3.05) is 0 Å². The molecule has 0 unspecified atom stereocenters. The molecule has 0 amide bonds. The summed E-state index contributed by atoms with van der Waals surface area (Å²) < 4.78 is 0. The van der Waals surface area contributed by atoms with Crippen molar-refractivity contribution in [1.82, 2.24) is 0 Å². The molecule has 138 valence electrons. The van der Waals surface area contributed by atoms with E-state index in [1.807, 2.05) is 0 Å². The topological polar surface area (TPSA) is 0 Å². The molecule has 0 aliphatic rings. The summed E-state index contributed by atoms with van der Waals surface area (Å²) in [4.78, 5) is 0. The Hall–Kier alpha value is -2.53. The molecule has 0 saturated heterocycles. The van der Waals surface area contributed by atoms with Crippen LogP contribution in [-0.2, 0) is 0 Å². The zero-order valence-corrected chi connectivity index (χ0v) is 19.6. The van der Waals surface area contributed by atoms with Gasteiger partial charge < -0.3 is 0 Å². The minimum Gasteiger partial charge on any atom is -0.127 e. The van der Waals surface area contributed by atoms with Gasteiger partial charge in [-0.25, -0.2) is 0 Å². The molecular formula is C26H26Si2. The minimum absolute atomic E-state index is 1.14. The second-order valence-electron chi connectivity index (χ2n) is 9.65. The molecule has 0 aliphatic heterocycles. The Morgan fingerprint density at radius 1 is 0.500 bits per heavy atom. The van der Waals surface area contributed by atoms with E-state index in [2.05, 4.69) is 111 Å². The van der Waals surface area contributed by atoms with Crippen LogP contribution >= 0.6 is 0 Å². The first-order chi connectivity index (χ1) is 13.1. The minimum atomic E-state index is -1.42. The van der Waals surface area contributed by atoms with E-state index in [1.165, 1.54) is 32.3 Å². The Bertz CT molecular complexity index is 1220. The van der Waals surface area contributed by atoms with E-state index in [0.717, 1.165) is 11.1 Å². The summed E-state index contributed by atoms with van der Waals surface area (Å²) in [6.07, 6.45) is 0. The largest absolute Gasteiger partial charge is 0.129 e. The van der Waals surface area contributed by atoms with Crippen molar-refractivity contribution in [2.24, 2.45) is 0 Å². The number of benzene rings is 4. The molecule has 0 fully saturated rings. The van der Waals surface area contributed by atoms with Crippen molar-refractivity contribution in [2.45, 2.75) is 39.3 Å². The molecule has 4 rings (SSSR count). The van der Waals surface area contributed by atoms with Crippen LogP contribution in [0.25, 0.3) is 32.3 Å². The van der Waals surface area contributed by atoms with Gasteiger partial charge in [0.2, 0.25) is 0 Å². The molecule has 0 aliphatic carbocycles. The molecule has 28 heavy (non-hydrogen) atoms. The molecule has 0 saturated carbocycles. The second-order valence-corrected chi connectivity index (χ2v) is 19.1. The molecule has 0 bridgehead atoms. The average Bonchev–Trinajstić information content (AvgIpc) is 2.62. The van der Waals surface area contributed by atoms with Crippen molar-refractivity contribution < 1.29 is 0 Å². The first kappa shape index (κ1) is 18.8. The fourth-order valence-electron chi connectivity index (χ4n) is 3.53. The molecule has 0 N–H and O–H groups in total. The molecule has 4 aromatic rings. The first-order valence-electron chi connectivity index (χ1n) is 9.89. The summed E-state index contributed by atoms with van der Waals surface area (Å²) in [6, 6.07) is 17.8. The highest BCUT2D eigenvalue weighted by molar-refractivity contribution is 6.84. The Kier molecular flexibility index (Phi) is 4.38. The van der Waals surface area contributed by atoms with Crippen LogP contribution < -0.4 is 0 Å². The maximum Gasteiger partial charge on any atom is 0.129 e. The van der Waals surface area contributed by atoms with Gasteiger partial charge in [0.05, 0.1) is 0 Å². The van der Waals surface area contributed by atoms with Gasteiger partial charge in [0.1, 0.15) is 16.1 Å². The highest BCUT2D eigenvalue weighted by Gasteiger charge is 2.13. The number of hydrogen-bond acceptors (Lipinski definition) is 0. The van der Waals surface area contributed by atoms with Crippen LogP contribution in [0.4, 0.5) is 0 Å². The molecular weight excluding hydrogens is 368 g/mol. The summed E-state index contributed by atoms with van der Waals surface area (Å²) in [5, 5.41) is 7.74. The zero-order chi connectivity index (χ0) is 20.1. The van der Waals surface area contributed by atoms with E-state index in [-0.39, 0.29) is 0 Å². The van der Waals surface area contributed by atoms with Gasteiger partial charge in [-0.3, -0.25) is 0 Å². The van der Waals surface area contributed by atoms with E-state index < -0.39 is 16.1 Å². The molecule has 0 heterocycles. The lowest BCUT2D eigenvalue weighted by molar-refractivity contribution is 1.71. The highest BCUT2D eigenvalue weighted by atomic mass is 28.3. The second kappa shape index (κ2) is 6.52. The maximum absolute atomic E-state index is 3.53. The molecule has 2 heteroatoms. The Morgan fingerprint density at radius 2 is 0.857 bits per heavy atom.